The highest BCUT2D eigenvalue weighted by atomic mass is 16.5. The van der Waals surface area contributed by atoms with Gasteiger partial charge < -0.3 is 15.4 Å². The van der Waals surface area contributed by atoms with Crippen LogP contribution in [-0.2, 0) is 14.3 Å². The van der Waals surface area contributed by atoms with Crippen LogP contribution in [0.25, 0.3) is 0 Å². The van der Waals surface area contributed by atoms with Crippen molar-refractivity contribution in [3.05, 3.63) is 23.8 Å². The van der Waals surface area contributed by atoms with Gasteiger partial charge in [-0.25, -0.2) is 4.79 Å². The van der Waals surface area contributed by atoms with E-state index in [-0.39, 0.29) is 17.4 Å². The highest BCUT2D eigenvalue weighted by Gasteiger charge is 2.11. The number of esters is 1. The van der Waals surface area contributed by atoms with E-state index in [0.29, 0.717) is 11.4 Å². The van der Waals surface area contributed by atoms with Crippen molar-refractivity contribution in [3.8, 4) is 0 Å². The quantitative estimate of drug-likeness (QED) is 0.794. The molecule has 6 heteroatoms. The third-order valence-electron chi connectivity index (χ3n) is 2.06. The third kappa shape index (κ3) is 3.58. The number of amides is 2. The van der Waals surface area contributed by atoms with Crippen LogP contribution in [0.2, 0.25) is 0 Å². The summed E-state index contributed by atoms with van der Waals surface area (Å²) in [6.07, 6.45) is 0. The average Bonchev–Trinajstić information content (AvgIpc) is 2.29. The third-order valence-corrected chi connectivity index (χ3v) is 2.06. The lowest BCUT2D eigenvalue weighted by atomic mass is 10.1. The number of hydrogen-bond acceptors (Lipinski definition) is 4. The van der Waals surface area contributed by atoms with Crippen molar-refractivity contribution in [2.24, 2.45) is 0 Å². The van der Waals surface area contributed by atoms with E-state index in [9.17, 15) is 14.4 Å². The van der Waals surface area contributed by atoms with Crippen molar-refractivity contribution in [2.75, 3.05) is 17.7 Å². The van der Waals surface area contributed by atoms with Gasteiger partial charge in [0.25, 0.3) is 0 Å². The Morgan fingerprint density at radius 2 is 1.56 bits per heavy atom. The Kier molecular flexibility index (Phi) is 4.42. The Morgan fingerprint density at radius 1 is 1.00 bits per heavy atom. The number of ether oxygens (including phenoxy) is 1. The minimum absolute atomic E-state index is 0.271. The Hall–Kier alpha value is -2.37. The summed E-state index contributed by atoms with van der Waals surface area (Å²) in [6, 6.07) is 4.47. The normalized spacial score (nSPS) is 9.50. The first-order chi connectivity index (χ1) is 8.43. The Bertz CT molecular complexity index is 497. The molecule has 0 aliphatic carbocycles. The van der Waals surface area contributed by atoms with Gasteiger partial charge in [-0.3, -0.25) is 9.59 Å². The number of anilines is 2. The molecule has 0 aromatic heterocycles. The monoisotopic (exact) mass is 250 g/mol. The molecule has 0 heterocycles. The molecule has 1 aromatic carbocycles. The fraction of sp³-hybridized carbons (Fsp3) is 0.250. The second-order valence-corrected chi connectivity index (χ2v) is 3.61. The first-order valence-electron chi connectivity index (χ1n) is 5.21. The SMILES string of the molecule is COC(=O)c1ccc(NC(C)=O)c(NC(C)=O)c1. The van der Waals surface area contributed by atoms with Gasteiger partial charge in [-0.2, -0.15) is 0 Å². The van der Waals surface area contributed by atoms with E-state index in [0.717, 1.165) is 0 Å². The molecule has 0 radical (unpaired) electrons. The number of methoxy groups -OCH3 is 1. The molecule has 2 amide bonds. The van der Waals surface area contributed by atoms with E-state index in [1.807, 2.05) is 0 Å². The van der Waals surface area contributed by atoms with Gasteiger partial charge in [0.1, 0.15) is 0 Å². The summed E-state index contributed by atoms with van der Waals surface area (Å²) in [7, 11) is 1.27. The van der Waals surface area contributed by atoms with E-state index in [2.05, 4.69) is 15.4 Å². The molecule has 2 N–H and O–H groups in total. The van der Waals surface area contributed by atoms with E-state index in [4.69, 9.17) is 0 Å². The Labute approximate surface area is 104 Å². The first-order valence-corrected chi connectivity index (χ1v) is 5.21. The maximum absolute atomic E-state index is 11.4. The Balaban J connectivity index is 3.15. The smallest absolute Gasteiger partial charge is 0.337 e. The van der Waals surface area contributed by atoms with E-state index in [1.54, 1.807) is 0 Å². The molecular weight excluding hydrogens is 236 g/mol. The second kappa shape index (κ2) is 5.81. The largest absolute Gasteiger partial charge is 0.465 e. The molecule has 96 valence electrons. The minimum atomic E-state index is -0.518. The van der Waals surface area contributed by atoms with Crippen molar-refractivity contribution in [1.82, 2.24) is 0 Å². The van der Waals surface area contributed by atoms with Crippen molar-refractivity contribution in [3.63, 3.8) is 0 Å². The molecule has 0 aliphatic rings. The van der Waals surface area contributed by atoms with Gasteiger partial charge in [0, 0.05) is 13.8 Å². The summed E-state index contributed by atoms with van der Waals surface area (Å²) in [5, 5.41) is 5.09. The summed E-state index contributed by atoms with van der Waals surface area (Å²) in [5.74, 6) is -1.09. The van der Waals surface area contributed by atoms with Gasteiger partial charge in [-0.05, 0) is 18.2 Å². The molecule has 0 atom stereocenters. The lowest BCUT2D eigenvalue weighted by molar-refractivity contribution is -0.115. The molecule has 0 aliphatic heterocycles. The van der Waals surface area contributed by atoms with E-state index < -0.39 is 5.97 Å². The molecule has 1 aromatic rings. The van der Waals surface area contributed by atoms with Crippen LogP contribution < -0.4 is 10.6 Å². The van der Waals surface area contributed by atoms with Crippen LogP contribution >= 0.6 is 0 Å². The van der Waals surface area contributed by atoms with Crippen molar-refractivity contribution >= 4 is 29.2 Å². The number of carbonyl (C=O) groups is 3. The Morgan fingerprint density at radius 3 is 2.06 bits per heavy atom. The van der Waals surface area contributed by atoms with E-state index >= 15 is 0 Å². The van der Waals surface area contributed by atoms with Crippen LogP contribution in [-0.4, -0.2) is 24.9 Å². The molecule has 6 nitrogen and oxygen atoms in total. The molecule has 0 spiro atoms. The van der Waals surface area contributed by atoms with E-state index in [1.165, 1.54) is 39.2 Å². The number of carbonyl (C=O) groups excluding carboxylic acids is 3. The van der Waals surface area contributed by atoms with Gasteiger partial charge in [0.2, 0.25) is 11.8 Å². The summed E-state index contributed by atoms with van der Waals surface area (Å²) < 4.78 is 4.58. The summed E-state index contributed by atoms with van der Waals surface area (Å²) in [5.41, 5.74) is 1.06. The average molecular weight is 250 g/mol. The predicted octanol–water partition coefficient (Wildman–Crippen LogP) is 1.39. The molecule has 18 heavy (non-hydrogen) atoms. The number of benzene rings is 1. The zero-order valence-electron chi connectivity index (χ0n) is 10.4. The standard InChI is InChI=1S/C12H14N2O4/c1-7(15)13-10-5-4-9(12(17)18-3)6-11(10)14-8(2)16/h4-6H,1-3H3,(H,13,15)(H,14,16). The number of rotatable bonds is 3. The van der Waals surface area contributed by atoms with Crippen LogP contribution in [0.4, 0.5) is 11.4 Å². The van der Waals surface area contributed by atoms with Gasteiger partial charge >= 0.3 is 5.97 Å². The van der Waals surface area contributed by atoms with Crippen LogP contribution in [0.3, 0.4) is 0 Å². The molecule has 1 rings (SSSR count). The van der Waals surface area contributed by atoms with Gasteiger partial charge in [0.15, 0.2) is 0 Å². The van der Waals surface area contributed by atoms with Crippen LogP contribution in [0.5, 0.6) is 0 Å². The summed E-state index contributed by atoms with van der Waals surface area (Å²) >= 11 is 0. The van der Waals surface area contributed by atoms with Crippen LogP contribution in [0, 0.1) is 0 Å². The van der Waals surface area contributed by atoms with Crippen molar-refractivity contribution in [2.45, 2.75) is 13.8 Å². The fourth-order valence-electron chi connectivity index (χ4n) is 1.38. The summed E-state index contributed by atoms with van der Waals surface area (Å²) in [6.45, 7) is 2.69. The lowest BCUT2D eigenvalue weighted by Crippen LogP contribution is -2.13. The zero-order valence-corrected chi connectivity index (χ0v) is 10.4. The zero-order chi connectivity index (χ0) is 13.7. The number of nitrogens with one attached hydrogen (secondary N) is 2. The topological polar surface area (TPSA) is 84.5 Å². The number of hydrogen-bond donors (Lipinski definition) is 2. The fourth-order valence-corrected chi connectivity index (χ4v) is 1.38. The molecule has 0 saturated carbocycles. The molecular formula is C12H14N2O4. The van der Waals surface area contributed by atoms with Gasteiger partial charge in [0.05, 0.1) is 24.0 Å². The maximum atomic E-state index is 11.4. The second-order valence-electron chi connectivity index (χ2n) is 3.61. The van der Waals surface area contributed by atoms with Crippen molar-refractivity contribution in [1.29, 1.82) is 0 Å². The van der Waals surface area contributed by atoms with Crippen LogP contribution in [0.1, 0.15) is 24.2 Å². The maximum Gasteiger partial charge on any atom is 0.337 e. The van der Waals surface area contributed by atoms with Crippen LogP contribution in [0.15, 0.2) is 18.2 Å². The lowest BCUT2D eigenvalue weighted by Gasteiger charge is -2.11. The highest BCUT2D eigenvalue weighted by molar-refractivity contribution is 6.00. The molecule has 0 bridgehead atoms. The first kappa shape index (κ1) is 13.7. The van der Waals surface area contributed by atoms with Gasteiger partial charge in [-0.1, -0.05) is 0 Å². The summed E-state index contributed by atoms with van der Waals surface area (Å²) in [4.78, 5) is 33.4. The van der Waals surface area contributed by atoms with Gasteiger partial charge in [-0.15, -0.1) is 0 Å². The predicted molar refractivity (Wildman–Crippen MR) is 66.4 cm³/mol. The molecule has 0 unspecified atom stereocenters. The van der Waals surface area contributed by atoms with Crippen molar-refractivity contribution < 1.29 is 19.1 Å². The highest BCUT2D eigenvalue weighted by Crippen LogP contribution is 2.23. The molecule has 0 fully saturated rings. The minimum Gasteiger partial charge on any atom is -0.465 e. The molecule has 0 saturated heterocycles.